The highest BCUT2D eigenvalue weighted by Gasteiger charge is 2.38. The monoisotopic (exact) mass is 343 g/mol. The van der Waals surface area contributed by atoms with Crippen molar-refractivity contribution in [3.05, 3.63) is 23.8 Å². The van der Waals surface area contributed by atoms with Gasteiger partial charge in [-0.15, -0.1) is 0 Å². The Bertz CT molecular complexity index is 701. The first-order valence-electron chi connectivity index (χ1n) is 9.13. The maximum absolute atomic E-state index is 12.7. The molecule has 2 heterocycles. The van der Waals surface area contributed by atoms with Crippen LogP contribution < -0.4 is 10.2 Å². The number of benzene rings is 1. The zero-order valence-electron chi connectivity index (χ0n) is 14.8. The van der Waals surface area contributed by atoms with E-state index < -0.39 is 0 Å². The van der Waals surface area contributed by atoms with Crippen LogP contribution in [0, 0.1) is 5.92 Å². The van der Waals surface area contributed by atoms with Crippen LogP contribution in [0.25, 0.3) is 0 Å². The Kier molecular flexibility index (Phi) is 4.15. The lowest BCUT2D eigenvalue weighted by molar-refractivity contribution is -0.116. The Morgan fingerprint density at radius 1 is 1.24 bits per heavy atom. The summed E-state index contributed by atoms with van der Waals surface area (Å²) < 4.78 is 5.98. The van der Waals surface area contributed by atoms with Gasteiger partial charge in [-0.2, -0.15) is 0 Å². The SMILES string of the molecule is CC(=O)N1CCc2cc(NC(=O)N3C[C@@H](C4CC4)O[C@@H](C)C3)ccc21. The lowest BCUT2D eigenvalue weighted by Crippen LogP contribution is -2.51. The molecule has 1 N–H and O–H groups in total. The predicted octanol–water partition coefficient (Wildman–Crippen LogP) is 2.63. The standard InChI is InChI=1S/C19H25N3O3/c1-12-10-21(11-18(25-12)14-3-4-14)19(24)20-16-5-6-17-15(9-16)7-8-22(17)13(2)23/h5-6,9,12,14,18H,3-4,7-8,10-11H2,1-2H3,(H,20,24)/t12-,18-/m0/s1. The molecule has 1 aliphatic carbocycles. The summed E-state index contributed by atoms with van der Waals surface area (Å²) in [5.41, 5.74) is 2.86. The zero-order chi connectivity index (χ0) is 17.6. The molecule has 1 aromatic rings. The van der Waals surface area contributed by atoms with Crippen molar-refractivity contribution < 1.29 is 14.3 Å². The molecule has 0 spiro atoms. The molecule has 3 amide bonds. The van der Waals surface area contributed by atoms with Crippen molar-refractivity contribution >= 4 is 23.3 Å². The number of fused-ring (bicyclic) bond motifs is 1. The quantitative estimate of drug-likeness (QED) is 0.898. The van der Waals surface area contributed by atoms with E-state index in [1.807, 2.05) is 30.0 Å². The number of hydrogen-bond acceptors (Lipinski definition) is 3. The molecule has 6 nitrogen and oxygen atoms in total. The number of carbonyl (C=O) groups is 2. The third-order valence-electron chi connectivity index (χ3n) is 5.33. The lowest BCUT2D eigenvalue weighted by atomic mass is 10.1. The molecule has 134 valence electrons. The second kappa shape index (κ2) is 6.33. The molecule has 2 atom stereocenters. The van der Waals surface area contributed by atoms with Crippen LogP contribution in [0.3, 0.4) is 0 Å². The average Bonchev–Trinajstić information content (AvgIpc) is 3.33. The number of hydrogen-bond donors (Lipinski definition) is 1. The third-order valence-corrected chi connectivity index (χ3v) is 5.33. The van der Waals surface area contributed by atoms with Crippen LogP contribution in [0.2, 0.25) is 0 Å². The van der Waals surface area contributed by atoms with Gasteiger partial charge in [0.25, 0.3) is 0 Å². The molecule has 3 aliphatic rings. The summed E-state index contributed by atoms with van der Waals surface area (Å²) in [5, 5.41) is 3.01. The number of amides is 3. The molecule has 2 aliphatic heterocycles. The van der Waals surface area contributed by atoms with Gasteiger partial charge in [-0.1, -0.05) is 0 Å². The fourth-order valence-electron chi connectivity index (χ4n) is 3.89. The van der Waals surface area contributed by atoms with Crippen molar-refractivity contribution in [1.29, 1.82) is 0 Å². The minimum atomic E-state index is -0.0674. The number of nitrogens with one attached hydrogen (secondary N) is 1. The number of morpholine rings is 1. The third kappa shape index (κ3) is 3.35. The summed E-state index contributed by atoms with van der Waals surface area (Å²) in [6.45, 7) is 5.62. The largest absolute Gasteiger partial charge is 0.371 e. The average molecular weight is 343 g/mol. The Morgan fingerprint density at radius 3 is 2.76 bits per heavy atom. The van der Waals surface area contributed by atoms with Gasteiger partial charge in [0.2, 0.25) is 5.91 Å². The van der Waals surface area contributed by atoms with E-state index >= 15 is 0 Å². The van der Waals surface area contributed by atoms with Crippen LogP contribution in [0.5, 0.6) is 0 Å². The molecule has 4 rings (SSSR count). The molecule has 0 aromatic heterocycles. The molecule has 0 bridgehead atoms. The maximum Gasteiger partial charge on any atom is 0.322 e. The number of ether oxygens (including phenoxy) is 1. The summed E-state index contributed by atoms with van der Waals surface area (Å²) in [5.74, 6) is 0.680. The van der Waals surface area contributed by atoms with Crippen molar-refractivity contribution in [1.82, 2.24) is 4.90 Å². The number of nitrogens with zero attached hydrogens (tertiary/aromatic N) is 2. The fourth-order valence-corrected chi connectivity index (χ4v) is 3.89. The van der Waals surface area contributed by atoms with Crippen molar-refractivity contribution in [2.75, 3.05) is 29.9 Å². The van der Waals surface area contributed by atoms with Crippen molar-refractivity contribution in [2.24, 2.45) is 5.92 Å². The van der Waals surface area contributed by atoms with Gasteiger partial charge in [0.1, 0.15) is 0 Å². The number of urea groups is 1. The minimum Gasteiger partial charge on any atom is -0.371 e. The molecule has 1 saturated heterocycles. The molecule has 1 aromatic carbocycles. The fraction of sp³-hybridized carbons (Fsp3) is 0.579. The zero-order valence-corrected chi connectivity index (χ0v) is 14.8. The van der Waals surface area contributed by atoms with Gasteiger partial charge >= 0.3 is 6.03 Å². The van der Waals surface area contributed by atoms with Crippen LogP contribution in [0.4, 0.5) is 16.2 Å². The smallest absolute Gasteiger partial charge is 0.322 e. The predicted molar refractivity (Wildman–Crippen MR) is 95.8 cm³/mol. The van der Waals surface area contributed by atoms with Gasteiger partial charge in [-0.3, -0.25) is 4.79 Å². The van der Waals surface area contributed by atoms with Gasteiger partial charge in [0.15, 0.2) is 0 Å². The summed E-state index contributed by atoms with van der Waals surface area (Å²) >= 11 is 0. The highest BCUT2D eigenvalue weighted by Crippen LogP contribution is 2.37. The summed E-state index contributed by atoms with van der Waals surface area (Å²) in [7, 11) is 0. The maximum atomic E-state index is 12.7. The second-order valence-electron chi connectivity index (χ2n) is 7.42. The van der Waals surface area contributed by atoms with E-state index in [-0.39, 0.29) is 24.1 Å². The Hall–Kier alpha value is -2.08. The Morgan fingerprint density at radius 2 is 2.04 bits per heavy atom. The van der Waals surface area contributed by atoms with Crippen molar-refractivity contribution in [2.45, 2.75) is 45.3 Å². The first-order valence-corrected chi connectivity index (χ1v) is 9.13. The highest BCUT2D eigenvalue weighted by atomic mass is 16.5. The molecule has 0 radical (unpaired) electrons. The minimum absolute atomic E-state index is 0.0592. The van der Waals surface area contributed by atoms with Crippen LogP contribution >= 0.6 is 0 Å². The molecule has 1 saturated carbocycles. The van der Waals surface area contributed by atoms with Crippen LogP contribution in [0.1, 0.15) is 32.3 Å². The van der Waals surface area contributed by atoms with Crippen molar-refractivity contribution in [3.8, 4) is 0 Å². The first kappa shape index (κ1) is 16.4. The van der Waals surface area contributed by atoms with Gasteiger partial charge in [-0.05, 0) is 55.9 Å². The number of carbonyl (C=O) groups excluding carboxylic acids is 2. The summed E-state index contributed by atoms with van der Waals surface area (Å²) in [4.78, 5) is 28.0. The van der Waals surface area contributed by atoms with E-state index in [1.54, 1.807) is 11.8 Å². The van der Waals surface area contributed by atoms with E-state index in [0.29, 0.717) is 25.6 Å². The van der Waals surface area contributed by atoms with Gasteiger partial charge in [0.05, 0.1) is 12.2 Å². The van der Waals surface area contributed by atoms with Gasteiger partial charge < -0.3 is 19.9 Å². The topological polar surface area (TPSA) is 61.9 Å². The van der Waals surface area contributed by atoms with E-state index in [2.05, 4.69) is 5.32 Å². The first-order chi connectivity index (χ1) is 12.0. The Labute approximate surface area is 148 Å². The molecule has 2 fully saturated rings. The molecular formula is C19H25N3O3. The van der Waals surface area contributed by atoms with E-state index in [1.165, 1.54) is 12.8 Å². The van der Waals surface area contributed by atoms with Gasteiger partial charge in [0, 0.05) is 37.9 Å². The molecule has 6 heteroatoms. The lowest BCUT2D eigenvalue weighted by Gasteiger charge is -2.37. The molecule has 0 unspecified atom stereocenters. The van der Waals surface area contributed by atoms with Crippen LogP contribution in [0.15, 0.2) is 18.2 Å². The summed E-state index contributed by atoms with van der Waals surface area (Å²) in [6, 6.07) is 5.72. The number of rotatable bonds is 2. The van der Waals surface area contributed by atoms with E-state index in [0.717, 1.165) is 23.4 Å². The Balaban J connectivity index is 1.43. The van der Waals surface area contributed by atoms with Crippen LogP contribution in [-0.2, 0) is 16.0 Å². The summed E-state index contributed by atoms with van der Waals surface area (Å²) in [6.07, 6.45) is 3.51. The molecule has 25 heavy (non-hydrogen) atoms. The van der Waals surface area contributed by atoms with E-state index in [9.17, 15) is 9.59 Å². The van der Waals surface area contributed by atoms with Crippen molar-refractivity contribution in [3.63, 3.8) is 0 Å². The van der Waals surface area contributed by atoms with E-state index in [4.69, 9.17) is 4.74 Å². The van der Waals surface area contributed by atoms with Gasteiger partial charge in [-0.25, -0.2) is 4.79 Å². The normalized spacial score (nSPS) is 25.7. The van der Waals surface area contributed by atoms with Crippen LogP contribution in [-0.4, -0.2) is 48.7 Å². The number of anilines is 2. The molecular weight excluding hydrogens is 318 g/mol. The highest BCUT2D eigenvalue weighted by molar-refractivity contribution is 5.95. The second-order valence-corrected chi connectivity index (χ2v) is 7.42.